The maximum absolute atomic E-state index is 4.08. The van der Waals surface area contributed by atoms with Gasteiger partial charge < -0.3 is 5.32 Å². The molecule has 1 aliphatic rings. The third-order valence-electron chi connectivity index (χ3n) is 8.28. The van der Waals surface area contributed by atoms with E-state index in [1.807, 2.05) is 63.3 Å². The van der Waals surface area contributed by atoms with Crippen molar-refractivity contribution in [1.82, 2.24) is 5.32 Å². The quantitative estimate of drug-likeness (QED) is 0.191. The van der Waals surface area contributed by atoms with Gasteiger partial charge in [-0.25, -0.2) is 0 Å². The molecule has 50 heavy (non-hydrogen) atoms. The molecule has 1 heterocycles. The van der Waals surface area contributed by atoms with Crippen molar-refractivity contribution in [3.05, 3.63) is 166 Å². The molecule has 0 bridgehead atoms. The third kappa shape index (κ3) is 10.3. The molecule has 1 aliphatic carbocycles. The molecule has 6 aromatic rings. The lowest BCUT2D eigenvalue weighted by atomic mass is 9.83. The first kappa shape index (κ1) is 40.0. The van der Waals surface area contributed by atoms with Crippen molar-refractivity contribution >= 4 is 43.5 Å². The van der Waals surface area contributed by atoms with Crippen molar-refractivity contribution in [3.63, 3.8) is 0 Å². The van der Waals surface area contributed by atoms with Crippen LogP contribution in [-0.2, 0) is 6.42 Å². The van der Waals surface area contributed by atoms with Gasteiger partial charge in [-0.15, -0.1) is 11.3 Å². The Kier molecular flexibility index (Phi) is 16.3. The number of benzene rings is 5. The zero-order valence-electron chi connectivity index (χ0n) is 32.2. The molecule has 0 aliphatic heterocycles. The van der Waals surface area contributed by atoms with E-state index in [4.69, 9.17) is 0 Å². The number of fused-ring (bicyclic) bond motifs is 5. The van der Waals surface area contributed by atoms with Crippen LogP contribution in [0.25, 0.3) is 32.1 Å². The molecule has 262 valence electrons. The van der Waals surface area contributed by atoms with E-state index in [9.17, 15) is 0 Å². The van der Waals surface area contributed by atoms with Gasteiger partial charge in [-0.05, 0) is 78.1 Å². The molecule has 0 saturated carbocycles. The van der Waals surface area contributed by atoms with Crippen LogP contribution < -0.4 is 5.32 Å². The zero-order chi connectivity index (χ0) is 36.6. The van der Waals surface area contributed by atoms with Gasteiger partial charge in [0.2, 0.25) is 0 Å². The summed E-state index contributed by atoms with van der Waals surface area (Å²) in [5, 5.41) is 7.57. The van der Waals surface area contributed by atoms with Crippen molar-refractivity contribution in [2.75, 3.05) is 0 Å². The van der Waals surface area contributed by atoms with Gasteiger partial charge in [0, 0.05) is 32.3 Å². The maximum atomic E-state index is 4.08. The Bertz CT molecular complexity index is 1940. The Morgan fingerprint density at radius 1 is 0.640 bits per heavy atom. The van der Waals surface area contributed by atoms with E-state index in [0.29, 0.717) is 0 Å². The van der Waals surface area contributed by atoms with Gasteiger partial charge in [-0.3, -0.25) is 0 Å². The van der Waals surface area contributed by atoms with Crippen molar-refractivity contribution in [2.24, 2.45) is 5.92 Å². The van der Waals surface area contributed by atoms with Crippen LogP contribution in [0.1, 0.15) is 107 Å². The predicted octanol–water partition coefficient (Wildman–Crippen LogP) is 14.9. The lowest BCUT2D eigenvalue weighted by Crippen LogP contribution is -2.16. The summed E-state index contributed by atoms with van der Waals surface area (Å²) in [4.78, 5) is 1.55. The van der Waals surface area contributed by atoms with E-state index in [2.05, 4.69) is 151 Å². The smallest absolute Gasteiger partial charge is 0.0485 e. The first-order chi connectivity index (χ1) is 24.2. The van der Waals surface area contributed by atoms with Crippen molar-refractivity contribution in [2.45, 2.75) is 88.1 Å². The molecule has 1 aromatic heterocycles. The van der Waals surface area contributed by atoms with E-state index >= 15 is 0 Å². The Morgan fingerprint density at radius 2 is 1.20 bits per heavy atom. The van der Waals surface area contributed by atoms with Crippen LogP contribution >= 0.6 is 11.3 Å². The average Bonchev–Trinajstić information content (AvgIpc) is 3.54. The number of nitrogens with one attached hydrogen (secondary N) is 1. The van der Waals surface area contributed by atoms with E-state index in [1.165, 1.54) is 67.1 Å². The molecule has 5 aromatic carbocycles. The van der Waals surface area contributed by atoms with Crippen molar-refractivity contribution < 1.29 is 0 Å². The minimum absolute atomic E-state index is 0.268. The minimum atomic E-state index is 0.268. The molecule has 0 amide bonds. The van der Waals surface area contributed by atoms with Gasteiger partial charge in [0.1, 0.15) is 0 Å². The third-order valence-corrected chi connectivity index (χ3v) is 9.58. The normalized spacial score (nSPS) is 12.1. The predicted molar refractivity (Wildman–Crippen MR) is 227 cm³/mol. The lowest BCUT2D eigenvalue weighted by molar-refractivity contribution is 0.702. The van der Waals surface area contributed by atoms with Crippen LogP contribution in [0.15, 0.2) is 133 Å². The largest absolute Gasteiger partial charge is 0.379 e. The summed E-state index contributed by atoms with van der Waals surface area (Å²) in [6, 6.07) is 43.0. The molecule has 0 fully saturated rings. The van der Waals surface area contributed by atoms with Crippen LogP contribution in [0.3, 0.4) is 0 Å². The Balaban J connectivity index is 0.000000236. The van der Waals surface area contributed by atoms with E-state index < -0.39 is 0 Å². The minimum Gasteiger partial charge on any atom is -0.379 e. The summed E-state index contributed by atoms with van der Waals surface area (Å²) >= 11 is 2.00. The Morgan fingerprint density at radius 3 is 1.84 bits per heavy atom. The fourth-order valence-corrected chi connectivity index (χ4v) is 7.33. The lowest BCUT2D eigenvalue weighted by Gasteiger charge is -2.21. The van der Waals surface area contributed by atoms with Gasteiger partial charge in [0.15, 0.2) is 0 Å². The molecule has 2 heteroatoms. The summed E-state index contributed by atoms with van der Waals surface area (Å²) in [5.41, 5.74) is 10.6. The molecule has 1 atom stereocenters. The second-order valence-corrected chi connectivity index (χ2v) is 14.0. The molecule has 1 nitrogen and oxygen atoms in total. The Labute approximate surface area is 307 Å². The first-order valence-electron chi connectivity index (χ1n) is 18.5. The molecule has 0 radical (unpaired) electrons. The highest BCUT2D eigenvalue weighted by Gasteiger charge is 2.24. The SMILES string of the molecule is C=C(NC(C)c1ccccc1)c1ccccc1.CC.CC.CC(C)C.CC1=C(c2ccccc2C)c2c(sc3c2ccc2ccccc23)CC1. The summed E-state index contributed by atoms with van der Waals surface area (Å²) in [6.07, 6.45) is 2.34. The maximum Gasteiger partial charge on any atom is 0.0485 e. The molecule has 1 unspecified atom stereocenters. The van der Waals surface area contributed by atoms with Gasteiger partial charge in [0.25, 0.3) is 0 Å². The number of thiophene rings is 1. The van der Waals surface area contributed by atoms with Crippen LogP contribution in [-0.4, -0.2) is 0 Å². The van der Waals surface area contributed by atoms with Gasteiger partial charge in [0.05, 0.1) is 0 Å². The highest BCUT2D eigenvalue weighted by atomic mass is 32.1. The van der Waals surface area contributed by atoms with Gasteiger partial charge >= 0.3 is 0 Å². The van der Waals surface area contributed by atoms with Crippen LogP contribution in [0.2, 0.25) is 0 Å². The summed E-state index contributed by atoms with van der Waals surface area (Å²) in [5.74, 6) is 0.833. The topological polar surface area (TPSA) is 12.0 Å². The van der Waals surface area contributed by atoms with Crippen molar-refractivity contribution in [3.8, 4) is 0 Å². The fraction of sp³-hybridized carbons (Fsp3) is 0.292. The second kappa shape index (κ2) is 20.3. The molecular weight excluding hydrogens is 623 g/mol. The fourth-order valence-electron chi connectivity index (χ4n) is 5.99. The number of hydrogen-bond donors (Lipinski definition) is 1. The Hall–Kier alpha value is -4.40. The molecule has 0 saturated heterocycles. The van der Waals surface area contributed by atoms with E-state index in [-0.39, 0.29) is 6.04 Å². The standard InChI is InChI=1S/C24H20S.C16H17N.C4H10.2C2H6/c1-15-7-3-5-9-18(15)22-16(2)11-14-21-23(22)20-13-12-17-8-4-6-10-19(17)24(20)25-21;1-13(15-9-5-3-6-10-15)17-14(2)16-11-7-4-8-12-16;1-4(2)3;2*1-2/h3-10,12-13H,11,14H2,1-2H3;3-12,14,17H,1H2,2H3;4H,1-3H3;2*1-2H3. The van der Waals surface area contributed by atoms with Gasteiger partial charge in [-0.2, -0.15) is 0 Å². The number of rotatable bonds is 5. The summed E-state index contributed by atoms with van der Waals surface area (Å²) < 4.78 is 1.45. The summed E-state index contributed by atoms with van der Waals surface area (Å²) in [7, 11) is 0. The van der Waals surface area contributed by atoms with E-state index in [0.717, 1.165) is 17.2 Å². The van der Waals surface area contributed by atoms with Crippen LogP contribution in [0.5, 0.6) is 0 Å². The number of allylic oxidation sites excluding steroid dienone is 1. The first-order valence-corrected chi connectivity index (χ1v) is 19.3. The summed E-state index contributed by atoms with van der Waals surface area (Å²) in [6.45, 7) is 25.3. The van der Waals surface area contributed by atoms with Crippen LogP contribution in [0.4, 0.5) is 0 Å². The van der Waals surface area contributed by atoms with Crippen LogP contribution in [0, 0.1) is 12.8 Å². The molecule has 7 rings (SSSR count). The molecule has 1 N–H and O–H groups in total. The van der Waals surface area contributed by atoms with E-state index in [1.54, 1.807) is 4.88 Å². The molecule has 0 spiro atoms. The number of hydrogen-bond acceptors (Lipinski definition) is 2. The zero-order valence-corrected chi connectivity index (χ0v) is 33.0. The average molecular weight is 682 g/mol. The monoisotopic (exact) mass is 681 g/mol. The highest BCUT2D eigenvalue weighted by molar-refractivity contribution is 7.20. The van der Waals surface area contributed by atoms with Gasteiger partial charge in [-0.1, -0.05) is 182 Å². The molecular formula is C48H59NS. The number of aryl methyl sites for hydroxylation is 2. The van der Waals surface area contributed by atoms with Crippen molar-refractivity contribution in [1.29, 1.82) is 0 Å². The second-order valence-electron chi connectivity index (χ2n) is 12.9. The highest BCUT2D eigenvalue weighted by Crippen LogP contribution is 2.46.